The summed E-state index contributed by atoms with van der Waals surface area (Å²) in [6.07, 6.45) is 1.49. The predicted molar refractivity (Wildman–Crippen MR) is 112 cm³/mol. The Labute approximate surface area is 164 Å². The van der Waals surface area contributed by atoms with Crippen LogP contribution in [0.1, 0.15) is 17.3 Å². The smallest absolute Gasteiger partial charge is 0.338 e. The first-order valence-corrected chi connectivity index (χ1v) is 8.96. The Morgan fingerprint density at radius 2 is 1.46 bits per heavy atom. The first-order valence-electron chi connectivity index (χ1n) is 8.96. The van der Waals surface area contributed by atoms with Crippen LogP contribution in [-0.4, -0.2) is 36.6 Å². The van der Waals surface area contributed by atoms with E-state index >= 15 is 0 Å². The Balaban J connectivity index is 1.67. The normalized spacial score (nSPS) is 10.2. The number of hydrogen-bond acceptors (Lipinski definition) is 7. The van der Waals surface area contributed by atoms with Gasteiger partial charge in [-0.3, -0.25) is 0 Å². The van der Waals surface area contributed by atoms with E-state index < -0.39 is 0 Å². The number of rotatable bonds is 7. The highest BCUT2D eigenvalue weighted by atomic mass is 16.5. The highest BCUT2D eigenvalue weighted by molar-refractivity contribution is 5.89. The zero-order valence-electron chi connectivity index (χ0n) is 16.1. The Bertz CT molecular complexity index is 924. The number of aromatic nitrogens is 2. The molecular weight excluding hydrogens is 354 g/mol. The summed E-state index contributed by atoms with van der Waals surface area (Å²) < 4.78 is 4.99. The van der Waals surface area contributed by atoms with Crippen LogP contribution in [-0.2, 0) is 4.74 Å². The van der Waals surface area contributed by atoms with Crippen molar-refractivity contribution in [2.45, 2.75) is 6.92 Å². The highest BCUT2D eigenvalue weighted by Gasteiger charge is 2.06. The Morgan fingerprint density at radius 1 is 0.929 bits per heavy atom. The van der Waals surface area contributed by atoms with Crippen molar-refractivity contribution in [1.82, 2.24) is 9.97 Å². The summed E-state index contributed by atoms with van der Waals surface area (Å²) >= 11 is 0. The van der Waals surface area contributed by atoms with E-state index in [1.807, 2.05) is 49.3 Å². The van der Waals surface area contributed by atoms with Gasteiger partial charge in [-0.2, -0.15) is 0 Å². The minimum atomic E-state index is -0.331. The van der Waals surface area contributed by atoms with Crippen LogP contribution in [0.15, 0.2) is 60.9 Å². The van der Waals surface area contributed by atoms with Crippen LogP contribution in [0.2, 0.25) is 0 Å². The van der Waals surface area contributed by atoms with Crippen LogP contribution < -0.4 is 15.5 Å². The molecule has 0 saturated carbocycles. The average molecular weight is 377 g/mol. The molecule has 1 heterocycles. The Hall–Kier alpha value is -3.61. The van der Waals surface area contributed by atoms with Crippen molar-refractivity contribution in [3.63, 3.8) is 0 Å². The lowest BCUT2D eigenvalue weighted by molar-refractivity contribution is 0.0526. The number of carbonyl (C=O) groups excluding carboxylic acids is 1. The number of hydrogen-bond donors (Lipinski definition) is 2. The molecule has 7 nitrogen and oxygen atoms in total. The lowest BCUT2D eigenvalue weighted by Gasteiger charge is -2.13. The molecule has 2 N–H and O–H groups in total. The van der Waals surface area contributed by atoms with Crippen molar-refractivity contribution in [1.29, 1.82) is 0 Å². The monoisotopic (exact) mass is 377 g/mol. The summed E-state index contributed by atoms with van der Waals surface area (Å²) in [7, 11) is 4.01. The molecule has 0 radical (unpaired) electrons. The molecule has 0 amide bonds. The van der Waals surface area contributed by atoms with E-state index in [0.717, 1.165) is 17.1 Å². The van der Waals surface area contributed by atoms with Crippen molar-refractivity contribution in [2.75, 3.05) is 36.2 Å². The second kappa shape index (κ2) is 8.85. The third kappa shape index (κ3) is 4.97. The third-order valence-electron chi connectivity index (χ3n) is 3.99. The van der Waals surface area contributed by atoms with E-state index in [4.69, 9.17) is 4.74 Å². The van der Waals surface area contributed by atoms with Crippen molar-refractivity contribution in [3.05, 3.63) is 66.5 Å². The molecule has 7 heteroatoms. The lowest BCUT2D eigenvalue weighted by Crippen LogP contribution is -2.08. The molecule has 0 aliphatic heterocycles. The van der Waals surface area contributed by atoms with Crippen molar-refractivity contribution >= 4 is 34.7 Å². The van der Waals surface area contributed by atoms with Crippen molar-refractivity contribution < 1.29 is 9.53 Å². The molecule has 3 aromatic rings. The maximum absolute atomic E-state index is 11.7. The van der Waals surface area contributed by atoms with E-state index in [9.17, 15) is 4.79 Å². The minimum Gasteiger partial charge on any atom is -0.462 e. The van der Waals surface area contributed by atoms with Crippen LogP contribution in [0.3, 0.4) is 0 Å². The van der Waals surface area contributed by atoms with Gasteiger partial charge < -0.3 is 20.3 Å². The second-order valence-corrected chi connectivity index (χ2v) is 6.28. The van der Waals surface area contributed by atoms with Gasteiger partial charge in [0.25, 0.3) is 0 Å². The first kappa shape index (κ1) is 19.2. The van der Waals surface area contributed by atoms with Gasteiger partial charge in [-0.25, -0.2) is 14.8 Å². The van der Waals surface area contributed by atoms with Gasteiger partial charge in [0, 0.05) is 37.2 Å². The van der Waals surface area contributed by atoms with Crippen LogP contribution in [0.25, 0.3) is 0 Å². The van der Waals surface area contributed by atoms with Crippen molar-refractivity contribution in [3.8, 4) is 0 Å². The maximum Gasteiger partial charge on any atom is 0.338 e. The summed E-state index contributed by atoms with van der Waals surface area (Å²) in [6, 6.07) is 16.9. The van der Waals surface area contributed by atoms with E-state index in [-0.39, 0.29) is 5.97 Å². The third-order valence-corrected chi connectivity index (χ3v) is 3.99. The fraction of sp³-hybridized carbons (Fsp3) is 0.190. The fourth-order valence-corrected chi connectivity index (χ4v) is 2.54. The number of anilines is 5. The molecule has 3 rings (SSSR count). The Kier molecular flexibility index (Phi) is 6.06. The molecule has 0 aliphatic rings. The standard InChI is InChI=1S/C21H23N5O2/c1-4-28-21(27)15-5-7-16(8-6-15)24-19-13-20(23-14-22-19)25-17-9-11-18(12-10-17)26(2)3/h5-14H,4H2,1-3H3,(H2,22,23,24,25). The number of ether oxygens (including phenoxy) is 1. The van der Waals surface area contributed by atoms with Gasteiger partial charge in [0.05, 0.1) is 12.2 Å². The van der Waals surface area contributed by atoms with Gasteiger partial charge >= 0.3 is 5.97 Å². The number of carbonyl (C=O) groups is 1. The van der Waals surface area contributed by atoms with E-state index in [0.29, 0.717) is 23.8 Å². The Morgan fingerprint density at radius 3 is 1.96 bits per heavy atom. The molecule has 144 valence electrons. The van der Waals surface area contributed by atoms with Crippen molar-refractivity contribution in [2.24, 2.45) is 0 Å². The van der Waals surface area contributed by atoms with Crippen LogP contribution in [0.5, 0.6) is 0 Å². The molecule has 0 spiro atoms. The van der Waals surface area contributed by atoms with Crippen LogP contribution in [0, 0.1) is 0 Å². The topological polar surface area (TPSA) is 79.4 Å². The largest absolute Gasteiger partial charge is 0.462 e. The molecule has 0 bridgehead atoms. The SMILES string of the molecule is CCOC(=O)c1ccc(Nc2cc(Nc3ccc(N(C)C)cc3)ncn2)cc1. The molecule has 28 heavy (non-hydrogen) atoms. The number of nitrogens with one attached hydrogen (secondary N) is 2. The zero-order chi connectivity index (χ0) is 19.9. The molecule has 0 fully saturated rings. The number of esters is 1. The van der Waals surface area contributed by atoms with Gasteiger partial charge in [-0.1, -0.05) is 0 Å². The summed E-state index contributed by atoms with van der Waals surface area (Å²) in [4.78, 5) is 22.3. The van der Waals surface area contributed by atoms with E-state index in [2.05, 4.69) is 20.6 Å². The summed E-state index contributed by atoms with van der Waals surface area (Å²) in [5.74, 6) is 0.993. The number of nitrogens with zero attached hydrogens (tertiary/aromatic N) is 3. The fourth-order valence-electron chi connectivity index (χ4n) is 2.54. The summed E-state index contributed by atoms with van der Waals surface area (Å²) in [5.41, 5.74) is 3.39. The summed E-state index contributed by atoms with van der Waals surface area (Å²) in [5, 5.41) is 6.47. The van der Waals surface area contributed by atoms with E-state index in [1.165, 1.54) is 6.33 Å². The van der Waals surface area contributed by atoms with Gasteiger partial charge in [0.2, 0.25) is 0 Å². The van der Waals surface area contributed by atoms with Gasteiger partial charge in [-0.05, 0) is 55.5 Å². The summed E-state index contributed by atoms with van der Waals surface area (Å²) in [6.45, 7) is 2.14. The molecule has 0 saturated heterocycles. The zero-order valence-corrected chi connectivity index (χ0v) is 16.1. The predicted octanol–water partition coefficient (Wildman–Crippen LogP) is 4.21. The first-order chi connectivity index (χ1) is 13.5. The lowest BCUT2D eigenvalue weighted by atomic mass is 10.2. The molecule has 2 aromatic carbocycles. The quantitative estimate of drug-likeness (QED) is 0.597. The molecular formula is C21H23N5O2. The van der Waals surface area contributed by atoms with Gasteiger partial charge in [0.15, 0.2) is 0 Å². The molecule has 0 atom stereocenters. The van der Waals surface area contributed by atoms with E-state index in [1.54, 1.807) is 31.2 Å². The van der Waals surface area contributed by atoms with Gasteiger partial charge in [-0.15, -0.1) is 0 Å². The maximum atomic E-state index is 11.7. The molecule has 0 unspecified atom stereocenters. The van der Waals surface area contributed by atoms with Crippen LogP contribution >= 0.6 is 0 Å². The van der Waals surface area contributed by atoms with Gasteiger partial charge in [0.1, 0.15) is 18.0 Å². The second-order valence-electron chi connectivity index (χ2n) is 6.28. The minimum absolute atomic E-state index is 0.331. The number of benzene rings is 2. The highest BCUT2D eigenvalue weighted by Crippen LogP contribution is 2.21. The average Bonchev–Trinajstić information content (AvgIpc) is 2.69. The molecule has 0 aliphatic carbocycles. The van der Waals surface area contributed by atoms with Crippen LogP contribution in [0.4, 0.5) is 28.7 Å². The molecule has 1 aromatic heterocycles.